The second-order valence-corrected chi connectivity index (χ2v) is 7.94. The lowest BCUT2D eigenvalue weighted by molar-refractivity contribution is 0.318. The summed E-state index contributed by atoms with van der Waals surface area (Å²) in [6.45, 7) is 3.98. The van der Waals surface area contributed by atoms with Gasteiger partial charge in [0.2, 0.25) is 0 Å². The van der Waals surface area contributed by atoms with Gasteiger partial charge in [0.15, 0.2) is 11.0 Å². The van der Waals surface area contributed by atoms with E-state index in [4.69, 9.17) is 17.3 Å². The first-order chi connectivity index (χ1) is 11.7. The van der Waals surface area contributed by atoms with Crippen LogP contribution in [0.3, 0.4) is 0 Å². The second kappa shape index (κ2) is 6.82. The van der Waals surface area contributed by atoms with Crippen molar-refractivity contribution in [2.75, 3.05) is 30.7 Å². The van der Waals surface area contributed by atoms with E-state index >= 15 is 0 Å². The molecule has 0 aromatic carbocycles. The van der Waals surface area contributed by atoms with E-state index in [1.807, 2.05) is 11.6 Å². The molecule has 2 aromatic rings. The fourth-order valence-corrected chi connectivity index (χ4v) is 3.94. The number of halogens is 1. The Morgan fingerprint density at radius 2 is 2.21 bits per heavy atom. The summed E-state index contributed by atoms with van der Waals surface area (Å²) in [6, 6.07) is 0. The molecule has 128 valence electrons. The number of nitrogens with zero attached hydrogens (tertiary/aromatic N) is 4. The summed E-state index contributed by atoms with van der Waals surface area (Å²) in [5.74, 6) is 2.56. The molecular formula is C16H21ClN6S. The number of aromatic nitrogens is 3. The molecule has 1 aliphatic carbocycles. The Balaban J connectivity index is 1.34. The third-order valence-corrected chi connectivity index (χ3v) is 5.68. The van der Waals surface area contributed by atoms with Crippen molar-refractivity contribution in [3.05, 3.63) is 27.6 Å². The molecule has 1 atom stereocenters. The van der Waals surface area contributed by atoms with Crippen molar-refractivity contribution in [1.29, 1.82) is 0 Å². The molecule has 0 amide bonds. The summed E-state index contributed by atoms with van der Waals surface area (Å²) in [7, 11) is 0. The number of hydrogen-bond donors (Lipinski definition) is 2. The Hall–Kier alpha value is -1.44. The number of nitrogens with one attached hydrogen (secondary N) is 1. The molecule has 3 heterocycles. The van der Waals surface area contributed by atoms with Gasteiger partial charge in [0.25, 0.3) is 0 Å². The zero-order chi connectivity index (χ0) is 16.5. The van der Waals surface area contributed by atoms with Crippen LogP contribution in [-0.4, -0.2) is 39.5 Å². The number of anilines is 2. The summed E-state index contributed by atoms with van der Waals surface area (Å²) in [6.07, 6.45) is 5.34. The largest absolute Gasteiger partial charge is 0.393 e. The molecule has 2 aromatic heterocycles. The number of thiazole rings is 1. The highest BCUT2D eigenvalue weighted by molar-refractivity contribution is 7.09. The Kier molecular flexibility index (Phi) is 4.56. The fraction of sp³-hybridized carbons (Fsp3) is 0.562. The molecule has 3 N–H and O–H groups in total. The van der Waals surface area contributed by atoms with Crippen LogP contribution in [0.5, 0.6) is 0 Å². The molecule has 1 saturated carbocycles. The predicted octanol–water partition coefficient (Wildman–Crippen LogP) is 2.98. The van der Waals surface area contributed by atoms with Crippen LogP contribution in [0.1, 0.15) is 36.0 Å². The molecule has 6 nitrogen and oxygen atoms in total. The van der Waals surface area contributed by atoms with Gasteiger partial charge in [-0.05, 0) is 31.7 Å². The van der Waals surface area contributed by atoms with Crippen LogP contribution in [0.25, 0.3) is 0 Å². The van der Waals surface area contributed by atoms with Crippen LogP contribution in [0.2, 0.25) is 5.15 Å². The second-order valence-electron chi connectivity index (χ2n) is 6.61. The van der Waals surface area contributed by atoms with E-state index in [1.165, 1.54) is 11.4 Å². The summed E-state index contributed by atoms with van der Waals surface area (Å²) >= 11 is 7.88. The van der Waals surface area contributed by atoms with Gasteiger partial charge in [-0.3, -0.25) is 4.90 Å². The average Bonchev–Trinajstić information content (AvgIpc) is 3.12. The number of likely N-dealkylation sites (tertiary alicyclic amines) is 1. The first-order valence-corrected chi connectivity index (χ1v) is 9.62. The minimum Gasteiger partial charge on any atom is -0.393 e. The molecular weight excluding hydrogens is 344 g/mol. The Morgan fingerprint density at radius 1 is 1.33 bits per heavy atom. The third kappa shape index (κ3) is 3.63. The van der Waals surface area contributed by atoms with Gasteiger partial charge in [-0.2, -0.15) is 0 Å². The zero-order valence-electron chi connectivity index (χ0n) is 13.4. The van der Waals surface area contributed by atoms with E-state index in [9.17, 15) is 0 Å². The molecule has 1 aliphatic heterocycles. The van der Waals surface area contributed by atoms with Gasteiger partial charge >= 0.3 is 0 Å². The maximum absolute atomic E-state index is 6.16. The van der Waals surface area contributed by atoms with Crippen molar-refractivity contribution >= 4 is 34.4 Å². The highest BCUT2D eigenvalue weighted by Gasteiger charge is 2.28. The highest BCUT2D eigenvalue weighted by atomic mass is 35.5. The summed E-state index contributed by atoms with van der Waals surface area (Å²) in [5.41, 5.74) is 6.49. The number of nitrogens with two attached hydrogens (primary N) is 1. The van der Waals surface area contributed by atoms with Gasteiger partial charge in [0.1, 0.15) is 16.5 Å². The summed E-state index contributed by atoms with van der Waals surface area (Å²) < 4.78 is 0. The first-order valence-electron chi connectivity index (χ1n) is 8.36. The van der Waals surface area contributed by atoms with Crippen LogP contribution in [-0.2, 0) is 6.54 Å². The zero-order valence-corrected chi connectivity index (χ0v) is 15.0. The molecule has 8 heteroatoms. The van der Waals surface area contributed by atoms with Crippen molar-refractivity contribution in [3.8, 4) is 0 Å². The van der Waals surface area contributed by atoms with Gasteiger partial charge in [-0.15, -0.1) is 11.3 Å². The van der Waals surface area contributed by atoms with Crippen molar-refractivity contribution in [2.24, 2.45) is 5.92 Å². The van der Waals surface area contributed by atoms with Crippen LogP contribution in [0.4, 0.5) is 11.5 Å². The van der Waals surface area contributed by atoms with E-state index in [0.29, 0.717) is 28.5 Å². The number of nitrogen functional groups attached to an aromatic ring is 1. The Morgan fingerprint density at radius 3 is 2.96 bits per heavy atom. The molecule has 2 aliphatic rings. The minimum absolute atomic E-state index is 0.367. The topological polar surface area (TPSA) is 80.0 Å². The van der Waals surface area contributed by atoms with Gasteiger partial charge in [-0.1, -0.05) is 11.6 Å². The van der Waals surface area contributed by atoms with Crippen molar-refractivity contribution in [1.82, 2.24) is 19.9 Å². The maximum Gasteiger partial charge on any atom is 0.157 e. The summed E-state index contributed by atoms with van der Waals surface area (Å²) in [4.78, 5) is 15.7. The molecule has 4 rings (SSSR count). The smallest absolute Gasteiger partial charge is 0.157 e. The van der Waals surface area contributed by atoms with Gasteiger partial charge in [0, 0.05) is 30.6 Å². The third-order valence-electron chi connectivity index (χ3n) is 4.63. The summed E-state index contributed by atoms with van der Waals surface area (Å²) in [5, 5.41) is 6.98. The normalized spacial score (nSPS) is 21.3. The van der Waals surface area contributed by atoms with E-state index < -0.39 is 0 Å². The van der Waals surface area contributed by atoms with Crippen LogP contribution < -0.4 is 11.1 Å². The van der Waals surface area contributed by atoms with Gasteiger partial charge in [0.05, 0.1) is 6.54 Å². The van der Waals surface area contributed by atoms with Gasteiger partial charge < -0.3 is 11.1 Å². The van der Waals surface area contributed by atoms with Crippen LogP contribution in [0.15, 0.2) is 11.6 Å². The molecule has 1 saturated heterocycles. The van der Waals surface area contributed by atoms with Crippen LogP contribution >= 0.6 is 22.9 Å². The minimum atomic E-state index is 0.367. The van der Waals surface area contributed by atoms with Gasteiger partial charge in [-0.25, -0.2) is 15.0 Å². The Bertz CT molecular complexity index is 703. The van der Waals surface area contributed by atoms with Crippen molar-refractivity contribution in [3.63, 3.8) is 0 Å². The van der Waals surface area contributed by atoms with E-state index in [1.54, 1.807) is 11.3 Å². The maximum atomic E-state index is 6.16. The lowest BCUT2D eigenvalue weighted by atomic mass is 10.1. The Labute approximate surface area is 150 Å². The van der Waals surface area contributed by atoms with Crippen molar-refractivity contribution in [2.45, 2.75) is 31.7 Å². The average molecular weight is 365 g/mol. The molecule has 2 fully saturated rings. The molecule has 0 radical (unpaired) electrons. The molecule has 0 unspecified atom stereocenters. The predicted molar refractivity (Wildman–Crippen MR) is 97.4 cm³/mol. The lowest BCUT2D eigenvalue weighted by Crippen LogP contribution is -2.23. The SMILES string of the molecule is Nc1c(Cl)nc(C2CC2)nc1NC[C@@H]1CCN(Cc2nccs2)C1. The molecule has 24 heavy (non-hydrogen) atoms. The molecule has 0 bridgehead atoms. The standard InChI is InChI=1S/C16H21ClN6S/c17-14-13(18)16(22-15(21-14)11-1-2-11)20-7-10-3-5-23(8-10)9-12-19-4-6-24-12/h4,6,10-11H,1-3,5,7-9,18H2,(H,20,21,22)/t10-/m0/s1. The highest BCUT2D eigenvalue weighted by Crippen LogP contribution is 2.40. The quantitative estimate of drug-likeness (QED) is 0.767. The van der Waals surface area contributed by atoms with E-state index in [0.717, 1.165) is 44.8 Å². The van der Waals surface area contributed by atoms with E-state index in [-0.39, 0.29) is 0 Å². The van der Waals surface area contributed by atoms with Crippen LogP contribution in [0, 0.1) is 5.92 Å². The number of rotatable bonds is 6. The van der Waals surface area contributed by atoms with E-state index in [2.05, 4.69) is 25.2 Å². The molecule has 0 spiro atoms. The lowest BCUT2D eigenvalue weighted by Gasteiger charge is -2.16. The first kappa shape index (κ1) is 16.1. The fourth-order valence-electron chi connectivity index (χ4n) is 3.10. The van der Waals surface area contributed by atoms with Crippen molar-refractivity contribution < 1.29 is 0 Å². The number of hydrogen-bond acceptors (Lipinski definition) is 7. The monoisotopic (exact) mass is 364 g/mol.